The predicted octanol–water partition coefficient (Wildman–Crippen LogP) is 4.71. The lowest BCUT2D eigenvalue weighted by molar-refractivity contribution is 0.0498. The molecule has 78 heavy (non-hydrogen) atoms. The Morgan fingerprint density at radius 2 is 1.03 bits per heavy atom. The fourth-order valence-corrected chi connectivity index (χ4v) is 11.2. The number of hydrogen-bond acceptors (Lipinski definition) is 20. The largest absolute Gasteiger partial charge is 0.486 e. The predicted molar refractivity (Wildman–Crippen MR) is 279 cm³/mol. The van der Waals surface area contributed by atoms with Crippen molar-refractivity contribution in [2.45, 2.75) is 140 Å². The lowest BCUT2D eigenvalue weighted by Gasteiger charge is -2.47. The molecule has 0 bridgehead atoms. The van der Waals surface area contributed by atoms with Gasteiger partial charge < -0.3 is 41.0 Å². The number of aryl methyl sites for hydroxylation is 2. The van der Waals surface area contributed by atoms with E-state index < -0.39 is 46.9 Å². The number of benzene rings is 2. The first kappa shape index (κ1) is 55.5. The van der Waals surface area contributed by atoms with Crippen molar-refractivity contribution in [2.75, 3.05) is 47.6 Å². The van der Waals surface area contributed by atoms with Gasteiger partial charge in [-0.2, -0.15) is 28.7 Å². The summed E-state index contributed by atoms with van der Waals surface area (Å²) < 4.78 is 75.0. The van der Waals surface area contributed by atoms with Crippen LogP contribution in [0.2, 0.25) is 0 Å². The highest BCUT2D eigenvalue weighted by Gasteiger charge is 2.44. The van der Waals surface area contributed by atoms with Crippen LogP contribution < -0.4 is 42.1 Å². The summed E-state index contributed by atoms with van der Waals surface area (Å²) >= 11 is 0. The van der Waals surface area contributed by atoms with Crippen molar-refractivity contribution in [3.05, 3.63) is 80.9 Å². The molecule has 4 fully saturated rings. The molecule has 0 radical (unpaired) electrons. The molecule has 10 rings (SSSR count). The summed E-state index contributed by atoms with van der Waals surface area (Å²) in [6.45, 7) is 13.5. The molecule has 6 atom stereocenters. The Kier molecular flexibility index (Phi) is 16.1. The van der Waals surface area contributed by atoms with E-state index in [1.165, 1.54) is 26.2 Å². The van der Waals surface area contributed by atoms with Crippen LogP contribution in [-0.4, -0.2) is 153 Å². The van der Waals surface area contributed by atoms with Crippen molar-refractivity contribution in [3.8, 4) is 22.9 Å². The highest BCUT2D eigenvalue weighted by Crippen LogP contribution is 2.41. The van der Waals surface area contributed by atoms with E-state index in [0.29, 0.717) is 12.1 Å². The monoisotopic (exact) mass is 1090 g/mol. The molecule has 0 spiro atoms. The van der Waals surface area contributed by atoms with Crippen molar-refractivity contribution < 1.29 is 37.2 Å². The molecule has 2 aromatic carbocycles. The zero-order chi connectivity index (χ0) is 55.8. The summed E-state index contributed by atoms with van der Waals surface area (Å²) in [6.07, 6.45) is 8.68. The van der Waals surface area contributed by atoms with Gasteiger partial charge in [0.2, 0.25) is 11.9 Å². The van der Waals surface area contributed by atoms with E-state index in [9.17, 15) is 28.6 Å². The molecule has 420 valence electrons. The number of fused-ring (bicyclic) bond motifs is 2. The van der Waals surface area contributed by atoms with Crippen LogP contribution in [0.4, 0.5) is 52.5 Å². The van der Waals surface area contributed by atoms with E-state index in [2.05, 4.69) is 99.6 Å². The maximum atomic E-state index is 15.2. The first-order chi connectivity index (χ1) is 37.1. The van der Waals surface area contributed by atoms with Gasteiger partial charge in [0.1, 0.15) is 35.1 Å². The Balaban J connectivity index is 0.000000190. The van der Waals surface area contributed by atoms with Gasteiger partial charge in [-0.05, 0) is 139 Å². The van der Waals surface area contributed by atoms with Gasteiger partial charge in [-0.3, -0.25) is 9.80 Å². The van der Waals surface area contributed by atoms with Crippen molar-refractivity contribution in [2.24, 2.45) is 14.1 Å². The van der Waals surface area contributed by atoms with E-state index in [1.54, 1.807) is 13.8 Å². The Labute approximate surface area is 446 Å². The Morgan fingerprint density at radius 1 is 0.628 bits per heavy atom. The number of nitrogens with zero attached hydrogens (tertiary/aromatic N) is 14. The minimum absolute atomic E-state index is 0.0169. The molecule has 6 N–H and O–H groups in total. The van der Waals surface area contributed by atoms with Gasteiger partial charge in [-0.1, -0.05) is 0 Å². The van der Waals surface area contributed by atoms with Gasteiger partial charge in [0, 0.05) is 61.5 Å². The van der Waals surface area contributed by atoms with Crippen LogP contribution in [0, 0.1) is 23.3 Å². The number of aliphatic hydroxyl groups excluding tert-OH is 2. The molecular weight excluding hydrogens is 1020 g/mol. The molecule has 4 aliphatic rings. The van der Waals surface area contributed by atoms with Crippen LogP contribution in [0.3, 0.4) is 0 Å². The molecule has 0 aliphatic carbocycles. The van der Waals surface area contributed by atoms with Crippen LogP contribution in [0.15, 0.2) is 46.2 Å². The Hall–Kier alpha value is -7.30. The van der Waals surface area contributed by atoms with Gasteiger partial charge in [-0.15, -0.1) is 0 Å². The third-order valence-corrected chi connectivity index (χ3v) is 14.7. The Morgan fingerprint density at radius 3 is 1.38 bits per heavy atom. The molecule has 0 amide bonds. The molecule has 24 nitrogen and oxygen atoms in total. The fourth-order valence-electron chi connectivity index (χ4n) is 11.2. The highest BCUT2D eigenvalue weighted by atomic mass is 19.1. The van der Waals surface area contributed by atoms with Crippen LogP contribution in [0.1, 0.15) is 92.9 Å². The normalized spacial score (nSPS) is 21.4. The summed E-state index contributed by atoms with van der Waals surface area (Å²) in [4.78, 5) is 46.7. The zero-order valence-electron chi connectivity index (χ0n) is 44.7. The summed E-state index contributed by atoms with van der Waals surface area (Å²) in [5.41, 5.74) is -1.22. The van der Waals surface area contributed by atoms with E-state index in [0.717, 1.165) is 108 Å². The minimum atomic E-state index is -0.742. The van der Waals surface area contributed by atoms with Crippen LogP contribution in [-0.2, 0) is 14.1 Å². The maximum absolute atomic E-state index is 15.2. The van der Waals surface area contributed by atoms with E-state index in [1.807, 2.05) is 0 Å². The van der Waals surface area contributed by atoms with Crippen molar-refractivity contribution >= 4 is 34.9 Å². The summed E-state index contributed by atoms with van der Waals surface area (Å²) in [7, 11) is 2.84. The van der Waals surface area contributed by atoms with Gasteiger partial charge >= 0.3 is 11.4 Å². The molecule has 8 heterocycles. The van der Waals surface area contributed by atoms with Gasteiger partial charge in [0.15, 0.2) is 34.9 Å². The number of nitrogens with one attached hydrogen (secondary N) is 4. The maximum Gasteiger partial charge on any atom is 0.368 e. The number of hydrogen-bond donors (Lipinski definition) is 6. The zero-order valence-corrected chi connectivity index (χ0v) is 44.7. The molecule has 28 heteroatoms. The second kappa shape index (κ2) is 22.6. The smallest absolute Gasteiger partial charge is 0.368 e. The molecule has 6 aromatic rings. The molecule has 0 saturated carbocycles. The number of piperidine rings is 2. The molecule has 4 aromatic heterocycles. The number of halogens is 4. The summed E-state index contributed by atoms with van der Waals surface area (Å²) in [5.74, 6) is -2.76. The number of aliphatic hydroxyl groups is 2. The SMILES string of the molecule is C[C@@H](CO)Oc1cc(F)c(Nc2ncc(F)c(N[C@@H]3C[C@@H]4CCCN4C(C)(C)C3)n2)cc1-n1nnn(C)c1=O.C[C@H](CO)Oc1cc(F)c(Nc2ncc(F)c(N[C@@H]3C[C@@H]4CCCN4C(C)(C)C3)n2)cc1-n1nnn(C)c1=O. The third-order valence-electron chi connectivity index (χ3n) is 14.7. The second-order valence-corrected chi connectivity index (χ2v) is 21.6. The second-order valence-electron chi connectivity index (χ2n) is 21.6. The standard InChI is InChI=1S/2C25H33F2N9O3/c2*1-14(13-37)39-21-9-17(26)19(10-20(21)36-24(38)34(4)32-33-36)30-23-28-12-18(27)22(31-23)29-15-8-16-6-5-7-35(16)25(2,3)11-15/h2*9-10,12,14-16,37H,5-8,11,13H2,1-4H3,(H2,28,29,30,31)/t14-,15+,16-;14-,15-,16+/m01/s1. The average Bonchev–Trinajstić information content (AvgIpc) is 4.22. The molecule has 4 aliphatic heterocycles. The summed E-state index contributed by atoms with van der Waals surface area (Å²) in [5, 5.41) is 45.8. The lowest BCUT2D eigenvalue weighted by Crippen LogP contribution is -2.55. The topological polar surface area (TPSA) is 270 Å². The lowest BCUT2D eigenvalue weighted by atomic mass is 9.84. The molecule has 4 saturated heterocycles. The minimum Gasteiger partial charge on any atom is -0.486 e. The number of rotatable bonds is 16. The number of ether oxygens (including phenoxy) is 2. The average molecular weight is 1090 g/mol. The Bertz CT molecular complexity index is 3030. The van der Waals surface area contributed by atoms with Crippen LogP contribution in [0.25, 0.3) is 11.4 Å². The van der Waals surface area contributed by atoms with Gasteiger partial charge in [0.05, 0.1) is 37.0 Å². The van der Waals surface area contributed by atoms with Crippen LogP contribution >= 0.6 is 0 Å². The van der Waals surface area contributed by atoms with Crippen LogP contribution in [0.5, 0.6) is 11.5 Å². The number of anilines is 6. The number of aromatic nitrogens is 12. The first-order valence-electron chi connectivity index (χ1n) is 26.0. The van der Waals surface area contributed by atoms with Crippen molar-refractivity contribution in [1.29, 1.82) is 0 Å². The van der Waals surface area contributed by atoms with E-state index in [-0.39, 0.29) is 94.2 Å². The van der Waals surface area contributed by atoms with Gasteiger partial charge in [-0.25, -0.2) is 37.1 Å². The fraction of sp³-hybridized carbons (Fsp3) is 0.560. The molecular formula is C50H66F4N18O6. The molecule has 0 unspecified atom stereocenters. The summed E-state index contributed by atoms with van der Waals surface area (Å²) in [6, 6.07) is 5.64. The quantitative estimate of drug-likeness (QED) is 0.0717. The number of tetrazole rings is 2. The first-order valence-corrected chi connectivity index (χ1v) is 26.0. The third kappa shape index (κ3) is 11.9. The van der Waals surface area contributed by atoms with Crippen molar-refractivity contribution in [1.82, 2.24) is 69.3 Å². The van der Waals surface area contributed by atoms with Crippen molar-refractivity contribution in [3.63, 3.8) is 0 Å². The van der Waals surface area contributed by atoms with Gasteiger partial charge in [0.25, 0.3) is 0 Å². The van der Waals surface area contributed by atoms with E-state index >= 15 is 8.78 Å². The highest BCUT2D eigenvalue weighted by molar-refractivity contribution is 5.65. The van der Waals surface area contributed by atoms with E-state index in [4.69, 9.17) is 9.47 Å².